The smallest absolute Gasteiger partial charge is 0.161 e. The summed E-state index contributed by atoms with van der Waals surface area (Å²) in [5.41, 5.74) is 1.23. The van der Waals surface area contributed by atoms with Gasteiger partial charge >= 0.3 is 0 Å². The van der Waals surface area contributed by atoms with Gasteiger partial charge in [0, 0.05) is 25.7 Å². The monoisotopic (exact) mass is 279 g/mol. The minimum Gasteiger partial charge on any atom is -0.490 e. The summed E-state index contributed by atoms with van der Waals surface area (Å²) in [6, 6.07) is 6.52. The molecule has 2 rings (SSSR count). The Morgan fingerprint density at radius 1 is 1.20 bits per heavy atom. The van der Waals surface area contributed by atoms with E-state index in [-0.39, 0.29) is 0 Å². The predicted octanol–water partition coefficient (Wildman–Crippen LogP) is 2.93. The highest BCUT2D eigenvalue weighted by Crippen LogP contribution is 2.33. The second-order valence-corrected chi connectivity index (χ2v) is 4.85. The van der Waals surface area contributed by atoms with Crippen LogP contribution in [-0.2, 0) is 4.74 Å². The van der Waals surface area contributed by atoms with E-state index in [0.29, 0.717) is 6.04 Å². The molecule has 0 spiro atoms. The first kappa shape index (κ1) is 15.1. The van der Waals surface area contributed by atoms with Crippen LogP contribution in [-0.4, -0.2) is 33.0 Å². The summed E-state index contributed by atoms with van der Waals surface area (Å²) in [6.07, 6.45) is 1.90. The summed E-state index contributed by atoms with van der Waals surface area (Å²) in [7, 11) is 0. The molecule has 1 N–H and O–H groups in total. The number of hydrogen-bond acceptors (Lipinski definition) is 4. The summed E-state index contributed by atoms with van der Waals surface area (Å²) in [6.45, 7) is 8.06. The zero-order chi connectivity index (χ0) is 14.2. The van der Waals surface area contributed by atoms with Gasteiger partial charge in [0.1, 0.15) is 0 Å². The van der Waals surface area contributed by atoms with Crippen LogP contribution in [0.1, 0.15) is 38.3 Å². The lowest BCUT2D eigenvalue weighted by Gasteiger charge is -2.19. The lowest BCUT2D eigenvalue weighted by Crippen LogP contribution is -2.22. The number of hydrogen-bond donors (Lipinski definition) is 1. The van der Waals surface area contributed by atoms with Crippen LogP contribution in [0.15, 0.2) is 18.2 Å². The molecular weight excluding hydrogens is 254 g/mol. The average molecular weight is 279 g/mol. The van der Waals surface area contributed by atoms with E-state index in [1.54, 1.807) is 0 Å². The highest BCUT2D eigenvalue weighted by molar-refractivity contribution is 5.44. The minimum absolute atomic E-state index is 0.295. The molecule has 4 heteroatoms. The van der Waals surface area contributed by atoms with Gasteiger partial charge < -0.3 is 19.5 Å². The van der Waals surface area contributed by atoms with Crippen molar-refractivity contribution in [2.75, 3.05) is 33.0 Å². The third-order valence-corrected chi connectivity index (χ3v) is 3.38. The molecule has 0 saturated heterocycles. The van der Waals surface area contributed by atoms with Crippen molar-refractivity contribution in [1.82, 2.24) is 5.32 Å². The number of ether oxygens (including phenoxy) is 3. The normalized spacial score (nSPS) is 15.7. The van der Waals surface area contributed by atoms with Gasteiger partial charge in [0.2, 0.25) is 0 Å². The van der Waals surface area contributed by atoms with E-state index >= 15 is 0 Å². The quantitative estimate of drug-likeness (QED) is 0.779. The van der Waals surface area contributed by atoms with Crippen LogP contribution in [0.5, 0.6) is 11.5 Å². The van der Waals surface area contributed by atoms with Crippen molar-refractivity contribution in [3.05, 3.63) is 23.8 Å². The van der Waals surface area contributed by atoms with Gasteiger partial charge in [-0.15, -0.1) is 0 Å². The Labute approximate surface area is 121 Å². The van der Waals surface area contributed by atoms with Crippen molar-refractivity contribution < 1.29 is 14.2 Å². The molecule has 0 aromatic heterocycles. The maximum absolute atomic E-state index is 5.76. The van der Waals surface area contributed by atoms with Crippen LogP contribution in [0.3, 0.4) is 0 Å². The third-order valence-electron chi connectivity index (χ3n) is 3.38. The van der Waals surface area contributed by atoms with Gasteiger partial charge in [-0.25, -0.2) is 0 Å². The van der Waals surface area contributed by atoms with E-state index in [4.69, 9.17) is 14.2 Å². The molecule has 1 aliphatic rings. The van der Waals surface area contributed by atoms with Gasteiger partial charge in [-0.1, -0.05) is 13.0 Å². The molecule has 1 aromatic rings. The van der Waals surface area contributed by atoms with Gasteiger partial charge in [-0.3, -0.25) is 0 Å². The first-order valence-electron chi connectivity index (χ1n) is 7.55. The fraction of sp³-hybridized carbons (Fsp3) is 0.625. The van der Waals surface area contributed by atoms with Crippen LogP contribution in [0.25, 0.3) is 0 Å². The van der Waals surface area contributed by atoms with Gasteiger partial charge in [-0.2, -0.15) is 0 Å². The lowest BCUT2D eigenvalue weighted by molar-refractivity contribution is 0.136. The van der Waals surface area contributed by atoms with Crippen molar-refractivity contribution in [1.29, 1.82) is 0 Å². The van der Waals surface area contributed by atoms with Crippen LogP contribution in [0.4, 0.5) is 0 Å². The SMILES string of the molecule is CCNC(CCOCC)c1ccc2c(c1)OCCCO2. The van der Waals surface area contributed by atoms with Crippen LogP contribution in [0, 0.1) is 0 Å². The van der Waals surface area contributed by atoms with Gasteiger partial charge in [0.15, 0.2) is 11.5 Å². The predicted molar refractivity (Wildman–Crippen MR) is 79.6 cm³/mol. The fourth-order valence-electron chi connectivity index (χ4n) is 2.38. The molecule has 0 bridgehead atoms. The largest absolute Gasteiger partial charge is 0.490 e. The van der Waals surface area contributed by atoms with E-state index in [1.807, 2.05) is 13.0 Å². The van der Waals surface area contributed by atoms with E-state index in [9.17, 15) is 0 Å². The molecule has 0 fully saturated rings. The van der Waals surface area contributed by atoms with Crippen molar-refractivity contribution in [2.24, 2.45) is 0 Å². The van der Waals surface area contributed by atoms with E-state index in [1.165, 1.54) is 5.56 Å². The highest BCUT2D eigenvalue weighted by atomic mass is 16.5. The van der Waals surface area contributed by atoms with Crippen LogP contribution < -0.4 is 14.8 Å². The minimum atomic E-state index is 0.295. The van der Waals surface area contributed by atoms with Crippen molar-refractivity contribution in [2.45, 2.75) is 32.7 Å². The molecule has 1 aliphatic heterocycles. The van der Waals surface area contributed by atoms with Crippen molar-refractivity contribution >= 4 is 0 Å². The summed E-state index contributed by atoms with van der Waals surface area (Å²) >= 11 is 0. The molecule has 112 valence electrons. The number of nitrogens with one attached hydrogen (secondary N) is 1. The lowest BCUT2D eigenvalue weighted by atomic mass is 10.0. The Bertz CT molecular complexity index is 409. The zero-order valence-electron chi connectivity index (χ0n) is 12.5. The summed E-state index contributed by atoms with van der Waals surface area (Å²) in [5.74, 6) is 1.71. The Balaban J connectivity index is 2.09. The molecule has 0 amide bonds. The maximum Gasteiger partial charge on any atom is 0.161 e. The van der Waals surface area contributed by atoms with Gasteiger partial charge in [-0.05, 0) is 37.6 Å². The third kappa shape index (κ3) is 4.12. The first-order chi connectivity index (χ1) is 9.85. The summed E-state index contributed by atoms with van der Waals surface area (Å²) in [5, 5.41) is 3.50. The van der Waals surface area contributed by atoms with Crippen LogP contribution in [0.2, 0.25) is 0 Å². The number of fused-ring (bicyclic) bond motifs is 1. The molecule has 1 unspecified atom stereocenters. The molecular formula is C16H25NO3. The first-order valence-corrected chi connectivity index (χ1v) is 7.55. The Morgan fingerprint density at radius 2 is 2.00 bits per heavy atom. The Morgan fingerprint density at radius 3 is 2.75 bits per heavy atom. The molecule has 0 radical (unpaired) electrons. The highest BCUT2D eigenvalue weighted by Gasteiger charge is 2.15. The number of benzene rings is 1. The number of rotatable bonds is 7. The van der Waals surface area contributed by atoms with E-state index in [2.05, 4.69) is 24.4 Å². The molecule has 1 heterocycles. The second kappa shape index (κ2) is 8.12. The Hall–Kier alpha value is -1.26. The van der Waals surface area contributed by atoms with Crippen molar-refractivity contribution in [3.8, 4) is 11.5 Å². The van der Waals surface area contributed by atoms with E-state index < -0.39 is 0 Å². The molecule has 0 saturated carbocycles. The standard InChI is InChI=1S/C16H25NO3/c1-3-17-14(8-11-18-4-2)13-6-7-15-16(12-13)20-10-5-9-19-15/h6-7,12,14,17H,3-5,8-11H2,1-2H3. The topological polar surface area (TPSA) is 39.7 Å². The van der Waals surface area contributed by atoms with Crippen molar-refractivity contribution in [3.63, 3.8) is 0 Å². The molecule has 1 atom stereocenters. The molecule has 1 aromatic carbocycles. The molecule has 20 heavy (non-hydrogen) atoms. The van der Waals surface area contributed by atoms with Crippen LogP contribution >= 0.6 is 0 Å². The summed E-state index contributed by atoms with van der Waals surface area (Å²) in [4.78, 5) is 0. The maximum atomic E-state index is 5.76. The molecule has 0 aliphatic carbocycles. The molecule has 4 nitrogen and oxygen atoms in total. The average Bonchev–Trinajstić information content (AvgIpc) is 2.71. The van der Waals surface area contributed by atoms with E-state index in [0.717, 1.165) is 57.3 Å². The fourth-order valence-corrected chi connectivity index (χ4v) is 2.38. The van der Waals surface area contributed by atoms with Gasteiger partial charge in [0.25, 0.3) is 0 Å². The second-order valence-electron chi connectivity index (χ2n) is 4.85. The summed E-state index contributed by atoms with van der Waals surface area (Å²) < 4.78 is 16.9. The Kier molecular flexibility index (Phi) is 6.15. The van der Waals surface area contributed by atoms with Gasteiger partial charge in [0.05, 0.1) is 13.2 Å². The zero-order valence-corrected chi connectivity index (χ0v) is 12.5.